The van der Waals surface area contributed by atoms with Gasteiger partial charge >= 0.3 is 0 Å². The summed E-state index contributed by atoms with van der Waals surface area (Å²) in [6, 6.07) is 4.28. The Kier molecular flexibility index (Phi) is 5.63. The summed E-state index contributed by atoms with van der Waals surface area (Å²) < 4.78 is 11.3. The van der Waals surface area contributed by atoms with Gasteiger partial charge in [0.2, 0.25) is 0 Å². The van der Waals surface area contributed by atoms with Crippen LogP contribution < -0.4 is 9.47 Å². The van der Waals surface area contributed by atoms with E-state index >= 15 is 0 Å². The summed E-state index contributed by atoms with van der Waals surface area (Å²) in [6.45, 7) is 1.12. The Balaban J connectivity index is 1.63. The molecule has 0 saturated heterocycles. The van der Waals surface area contributed by atoms with Crippen molar-refractivity contribution in [2.75, 3.05) is 34.9 Å². The molecule has 0 unspecified atom stereocenters. The van der Waals surface area contributed by atoms with Crippen molar-refractivity contribution >= 4 is 0 Å². The fourth-order valence-corrected chi connectivity index (χ4v) is 6.93. The van der Waals surface area contributed by atoms with Gasteiger partial charge in [0.05, 0.1) is 20.3 Å². The number of aliphatic hydroxyl groups excluding tert-OH is 1. The molecule has 1 aromatic carbocycles. The number of rotatable bonds is 6. The summed E-state index contributed by atoms with van der Waals surface area (Å²) in [6.07, 6.45) is 9.10. The summed E-state index contributed by atoms with van der Waals surface area (Å²) in [5.41, 5.74) is 2.99. The average Bonchev–Trinajstić information content (AvgIpc) is 3.03. The van der Waals surface area contributed by atoms with Crippen molar-refractivity contribution in [2.45, 2.75) is 63.4 Å². The second-order valence-electron chi connectivity index (χ2n) is 9.59. The van der Waals surface area contributed by atoms with Crippen LogP contribution in [-0.4, -0.2) is 51.0 Å². The highest BCUT2D eigenvalue weighted by Crippen LogP contribution is 2.63. The van der Waals surface area contributed by atoms with E-state index in [4.69, 9.17) is 9.47 Å². The number of aliphatic hydroxyl groups is 1. The van der Waals surface area contributed by atoms with Crippen LogP contribution in [0.25, 0.3) is 0 Å². The molecule has 0 amide bonds. The van der Waals surface area contributed by atoms with E-state index < -0.39 is 0 Å². The van der Waals surface area contributed by atoms with Crippen molar-refractivity contribution in [1.82, 2.24) is 4.90 Å². The molecule has 28 heavy (non-hydrogen) atoms. The monoisotopic (exact) mass is 387 g/mol. The number of fused-ring (bicyclic) bond motifs is 5. The minimum atomic E-state index is -0.111. The van der Waals surface area contributed by atoms with E-state index in [1.165, 1.54) is 43.2 Å². The molecule has 3 aliphatic rings. The van der Waals surface area contributed by atoms with Crippen molar-refractivity contribution in [1.29, 1.82) is 0 Å². The number of aryl methyl sites for hydroxylation is 1. The number of hydrogen-bond acceptors (Lipinski definition) is 4. The van der Waals surface area contributed by atoms with Gasteiger partial charge in [-0.2, -0.15) is 0 Å². The minimum absolute atomic E-state index is 0.111. The van der Waals surface area contributed by atoms with Crippen LogP contribution in [0.15, 0.2) is 12.1 Å². The van der Waals surface area contributed by atoms with Crippen LogP contribution in [0, 0.1) is 17.3 Å². The topological polar surface area (TPSA) is 41.9 Å². The highest BCUT2D eigenvalue weighted by atomic mass is 16.5. The average molecular weight is 388 g/mol. The van der Waals surface area contributed by atoms with Crippen molar-refractivity contribution in [2.24, 2.45) is 17.3 Å². The van der Waals surface area contributed by atoms with Crippen molar-refractivity contribution in [3.05, 3.63) is 23.3 Å². The maximum atomic E-state index is 11.0. The molecule has 1 aromatic rings. The Hall–Kier alpha value is -1.26. The van der Waals surface area contributed by atoms with E-state index in [0.717, 1.165) is 37.3 Å². The molecule has 0 aromatic heterocycles. The van der Waals surface area contributed by atoms with Gasteiger partial charge in [-0.05, 0) is 107 Å². The number of hydrogen-bond donors (Lipinski definition) is 1. The maximum Gasteiger partial charge on any atom is 0.126 e. The largest absolute Gasteiger partial charge is 0.497 e. The lowest BCUT2D eigenvalue weighted by Crippen LogP contribution is -2.46. The maximum absolute atomic E-state index is 11.0. The van der Waals surface area contributed by atoms with Gasteiger partial charge in [0.25, 0.3) is 0 Å². The van der Waals surface area contributed by atoms with E-state index in [9.17, 15) is 5.11 Å². The molecule has 0 heterocycles. The smallest absolute Gasteiger partial charge is 0.126 e. The molecule has 0 radical (unpaired) electrons. The van der Waals surface area contributed by atoms with E-state index in [1.54, 1.807) is 14.2 Å². The second-order valence-corrected chi connectivity index (χ2v) is 9.59. The van der Waals surface area contributed by atoms with Gasteiger partial charge in [-0.3, -0.25) is 0 Å². The third kappa shape index (κ3) is 3.23. The summed E-state index contributed by atoms with van der Waals surface area (Å²) in [5, 5.41) is 11.0. The van der Waals surface area contributed by atoms with Gasteiger partial charge in [0.1, 0.15) is 11.5 Å². The van der Waals surface area contributed by atoms with Crippen molar-refractivity contribution in [3.63, 3.8) is 0 Å². The fraction of sp³-hybridized carbons (Fsp3) is 0.750. The lowest BCUT2D eigenvalue weighted by molar-refractivity contribution is -0.0450. The van der Waals surface area contributed by atoms with E-state index in [0.29, 0.717) is 17.8 Å². The predicted octanol–water partition coefficient (Wildman–Crippen LogP) is 4.24. The van der Waals surface area contributed by atoms with Crippen molar-refractivity contribution in [3.8, 4) is 11.5 Å². The van der Waals surface area contributed by atoms with Crippen LogP contribution in [0.1, 0.15) is 62.0 Å². The Morgan fingerprint density at radius 2 is 1.93 bits per heavy atom. The molecule has 2 saturated carbocycles. The first-order chi connectivity index (χ1) is 13.5. The fourth-order valence-electron chi connectivity index (χ4n) is 6.93. The summed E-state index contributed by atoms with van der Waals surface area (Å²) >= 11 is 0. The molecular weight excluding hydrogens is 350 g/mol. The van der Waals surface area contributed by atoms with Gasteiger partial charge < -0.3 is 19.5 Å². The Bertz CT molecular complexity index is 686. The first kappa shape index (κ1) is 20.0. The molecule has 0 bridgehead atoms. The third-order valence-corrected chi connectivity index (χ3v) is 8.13. The SMILES string of the molecule is COc1cc2c(c(OC)c1)[C@H]1CC[C@]3(CCCN(C)C)[C@@H](O)CC[C@H]3[C@@H]1CC2. The minimum Gasteiger partial charge on any atom is -0.497 e. The lowest BCUT2D eigenvalue weighted by Gasteiger charge is -2.52. The molecule has 5 atom stereocenters. The quantitative estimate of drug-likeness (QED) is 0.793. The summed E-state index contributed by atoms with van der Waals surface area (Å²) in [5.74, 6) is 3.81. The molecule has 2 fully saturated rings. The van der Waals surface area contributed by atoms with Crippen molar-refractivity contribution < 1.29 is 14.6 Å². The Labute approximate surface area is 170 Å². The van der Waals surface area contributed by atoms with Crippen LogP contribution in [0.5, 0.6) is 11.5 Å². The van der Waals surface area contributed by atoms with Crippen LogP contribution >= 0.6 is 0 Å². The van der Waals surface area contributed by atoms with E-state index in [1.807, 2.05) is 0 Å². The molecule has 156 valence electrons. The van der Waals surface area contributed by atoms with Crippen LogP contribution in [-0.2, 0) is 6.42 Å². The predicted molar refractivity (Wildman–Crippen MR) is 112 cm³/mol. The second kappa shape index (κ2) is 7.87. The Morgan fingerprint density at radius 3 is 2.64 bits per heavy atom. The molecule has 0 spiro atoms. The van der Waals surface area contributed by atoms with E-state index in [2.05, 4.69) is 31.1 Å². The standard InChI is InChI=1S/C24H37NO3/c1-25(2)13-5-11-24-12-10-19-18(20(24)8-9-22(24)26)7-6-16-14-17(27-3)15-21(28-4)23(16)19/h14-15,18-20,22,26H,5-13H2,1-4H3/t18-,19+,20+,22+,24+/m1/s1. The van der Waals surface area contributed by atoms with Gasteiger partial charge in [-0.1, -0.05) is 0 Å². The third-order valence-electron chi connectivity index (χ3n) is 8.13. The van der Waals surface area contributed by atoms with Crippen LogP contribution in [0.2, 0.25) is 0 Å². The molecule has 4 heteroatoms. The zero-order chi connectivity index (χ0) is 19.9. The van der Waals surface area contributed by atoms with Gasteiger partial charge in [-0.15, -0.1) is 0 Å². The molecule has 4 rings (SSSR count). The zero-order valence-electron chi connectivity index (χ0n) is 18.0. The van der Waals surface area contributed by atoms with Crippen LogP contribution in [0.3, 0.4) is 0 Å². The van der Waals surface area contributed by atoms with Gasteiger partial charge in [-0.25, -0.2) is 0 Å². The number of ether oxygens (including phenoxy) is 2. The zero-order valence-corrected chi connectivity index (χ0v) is 18.0. The van der Waals surface area contributed by atoms with Crippen LogP contribution in [0.4, 0.5) is 0 Å². The number of benzene rings is 1. The molecule has 3 aliphatic carbocycles. The first-order valence-corrected chi connectivity index (χ1v) is 11.1. The molecule has 1 N–H and O–H groups in total. The summed E-state index contributed by atoms with van der Waals surface area (Å²) in [4.78, 5) is 2.27. The highest BCUT2D eigenvalue weighted by molar-refractivity contribution is 5.50. The summed E-state index contributed by atoms with van der Waals surface area (Å²) in [7, 11) is 7.81. The van der Waals surface area contributed by atoms with E-state index in [-0.39, 0.29) is 11.5 Å². The number of methoxy groups -OCH3 is 2. The molecular formula is C24H37NO3. The van der Waals surface area contributed by atoms with Gasteiger partial charge in [0, 0.05) is 11.6 Å². The lowest BCUT2D eigenvalue weighted by atomic mass is 9.53. The Morgan fingerprint density at radius 1 is 1.11 bits per heavy atom. The molecule has 4 nitrogen and oxygen atoms in total. The highest BCUT2D eigenvalue weighted by Gasteiger charge is 2.56. The molecule has 0 aliphatic heterocycles. The van der Waals surface area contributed by atoms with Gasteiger partial charge in [0.15, 0.2) is 0 Å². The first-order valence-electron chi connectivity index (χ1n) is 11.1. The normalized spacial score (nSPS) is 33.9. The number of nitrogens with zero attached hydrogens (tertiary/aromatic N) is 1.